The summed E-state index contributed by atoms with van der Waals surface area (Å²) in [4.78, 5) is 0. The summed E-state index contributed by atoms with van der Waals surface area (Å²) in [5.41, 5.74) is 1.41. The fourth-order valence-electron chi connectivity index (χ4n) is 3.09. The first-order chi connectivity index (χ1) is 9.83. The van der Waals surface area contributed by atoms with Gasteiger partial charge in [-0.25, -0.2) is 0 Å². The number of para-hydroxylation sites is 1. The van der Waals surface area contributed by atoms with E-state index in [2.05, 4.69) is 27.8 Å². The second kappa shape index (κ2) is 5.61. The Hall–Kier alpha value is -1.91. The highest BCUT2D eigenvalue weighted by atomic mass is 15.6. The smallest absolute Gasteiger partial charge is 0.247 e. The molecule has 2 aromatic rings. The summed E-state index contributed by atoms with van der Waals surface area (Å²) >= 11 is 0. The van der Waals surface area contributed by atoms with Gasteiger partial charge in [0.1, 0.15) is 0 Å². The summed E-state index contributed by atoms with van der Waals surface area (Å²) in [6.07, 6.45) is 6.53. The lowest BCUT2D eigenvalue weighted by atomic mass is 9.83. The number of nitrogens with zero attached hydrogens (tertiary/aromatic N) is 4. The van der Waals surface area contributed by atoms with Gasteiger partial charge >= 0.3 is 0 Å². The molecular formula is C15H21N5. The minimum absolute atomic E-state index is 0.424. The Bertz CT molecular complexity index is 542. The molecular weight excluding hydrogens is 250 g/mol. The van der Waals surface area contributed by atoms with E-state index in [9.17, 15) is 0 Å². The van der Waals surface area contributed by atoms with E-state index >= 15 is 0 Å². The lowest BCUT2D eigenvalue weighted by molar-refractivity contribution is 0.306. The standard InChI is InChI=1S/C15H21N5/c1-2-15(10-6-7-11-15)12-16-14-17-18-19-20(14)13-8-4-3-5-9-13/h3-5,8-9H,2,6-7,10-12H2,1H3,(H,16,17,19). The van der Waals surface area contributed by atoms with E-state index in [0.717, 1.165) is 18.2 Å². The van der Waals surface area contributed by atoms with Gasteiger partial charge in [-0.3, -0.25) is 0 Å². The molecule has 0 aliphatic heterocycles. The van der Waals surface area contributed by atoms with Gasteiger partial charge in [0.25, 0.3) is 0 Å². The van der Waals surface area contributed by atoms with Crippen LogP contribution in [0.3, 0.4) is 0 Å². The zero-order valence-corrected chi connectivity index (χ0v) is 11.9. The maximum absolute atomic E-state index is 4.11. The molecule has 0 radical (unpaired) electrons. The quantitative estimate of drug-likeness (QED) is 0.908. The van der Waals surface area contributed by atoms with Crippen molar-refractivity contribution in [2.75, 3.05) is 11.9 Å². The van der Waals surface area contributed by atoms with E-state index < -0.39 is 0 Å². The van der Waals surface area contributed by atoms with Crippen LogP contribution in [0.1, 0.15) is 39.0 Å². The van der Waals surface area contributed by atoms with Crippen LogP contribution in [0.2, 0.25) is 0 Å². The summed E-state index contributed by atoms with van der Waals surface area (Å²) < 4.78 is 1.76. The van der Waals surface area contributed by atoms with Gasteiger partial charge in [0.2, 0.25) is 5.95 Å². The van der Waals surface area contributed by atoms with Crippen LogP contribution in [0.15, 0.2) is 30.3 Å². The second-order valence-corrected chi connectivity index (χ2v) is 5.66. The summed E-state index contributed by atoms with van der Waals surface area (Å²) in [7, 11) is 0. The third kappa shape index (κ3) is 2.53. The third-order valence-electron chi connectivity index (χ3n) is 4.51. The Labute approximate surface area is 119 Å². The van der Waals surface area contributed by atoms with Crippen molar-refractivity contribution in [1.29, 1.82) is 0 Å². The lowest BCUT2D eigenvalue weighted by Gasteiger charge is -2.27. The van der Waals surface area contributed by atoms with Crippen LogP contribution in [-0.4, -0.2) is 26.8 Å². The molecule has 20 heavy (non-hydrogen) atoms. The molecule has 0 atom stereocenters. The Balaban J connectivity index is 1.74. The van der Waals surface area contributed by atoms with Crippen LogP contribution in [0.25, 0.3) is 5.69 Å². The van der Waals surface area contributed by atoms with Crippen molar-refractivity contribution >= 4 is 5.95 Å². The monoisotopic (exact) mass is 271 g/mol. The number of nitrogens with one attached hydrogen (secondary N) is 1. The second-order valence-electron chi connectivity index (χ2n) is 5.66. The predicted molar refractivity (Wildman–Crippen MR) is 78.8 cm³/mol. The third-order valence-corrected chi connectivity index (χ3v) is 4.51. The molecule has 1 aliphatic rings. The van der Waals surface area contributed by atoms with Crippen LogP contribution in [-0.2, 0) is 0 Å². The van der Waals surface area contributed by atoms with Crippen LogP contribution in [0, 0.1) is 5.41 Å². The molecule has 0 bridgehead atoms. The minimum Gasteiger partial charge on any atom is -0.352 e. The molecule has 1 aliphatic carbocycles. The van der Waals surface area contributed by atoms with Gasteiger partial charge in [-0.2, -0.15) is 4.68 Å². The highest BCUT2D eigenvalue weighted by molar-refractivity contribution is 5.38. The first kappa shape index (κ1) is 13.1. The van der Waals surface area contributed by atoms with E-state index in [1.165, 1.54) is 32.1 Å². The van der Waals surface area contributed by atoms with E-state index in [1.807, 2.05) is 30.3 Å². The van der Waals surface area contributed by atoms with Crippen LogP contribution in [0.5, 0.6) is 0 Å². The fraction of sp³-hybridized carbons (Fsp3) is 0.533. The first-order valence-electron chi connectivity index (χ1n) is 7.41. The minimum atomic E-state index is 0.424. The van der Waals surface area contributed by atoms with Gasteiger partial charge in [0, 0.05) is 6.54 Å². The summed E-state index contributed by atoms with van der Waals surface area (Å²) in [6, 6.07) is 9.99. The molecule has 1 heterocycles. The van der Waals surface area contributed by atoms with Gasteiger partial charge in [-0.15, -0.1) is 0 Å². The number of hydrogen-bond acceptors (Lipinski definition) is 4. The molecule has 1 fully saturated rings. The van der Waals surface area contributed by atoms with Gasteiger partial charge in [0.05, 0.1) is 5.69 Å². The van der Waals surface area contributed by atoms with Crippen molar-refractivity contribution in [3.05, 3.63) is 30.3 Å². The summed E-state index contributed by atoms with van der Waals surface area (Å²) in [5.74, 6) is 0.732. The molecule has 106 valence electrons. The van der Waals surface area contributed by atoms with E-state index in [-0.39, 0.29) is 0 Å². The number of tetrazole rings is 1. The zero-order valence-electron chi connectivity index (χ0n) is 11.9. The molecule has 1 aromatic heterocycles. The highest BCUT2D eigenvalue weighted by Gasteiger charge is 2.32. The van der Waals surface area contributed by atoms with Gasteiger partial charge in [-0.05, 0) is 47.2 Å². The van der Waals surface area contributed by atoms with Crippen LogP contribution in [0.4, 0.5) is 5.95 Å². The van der Waals surface area contributed by atoms with Gasteiger partial charge < -0.3 is 5.32 Å². The average molecular weight is 271 g/mol. The lowest BCUT2D eigenvalue weighted by Crippen LogP contribution is -2.27. The molecule has 0 saturated heterocycles. The summed E-state index contributed by atoms with van der Waals surface area (Å²) in [6.45, 7) is 3.24. The SMILES string of the molecule is CCC1(CNc2nnnn2-c2ccccc2)CCCC1. The molecule has 0 unspecified atom stereocenters. The van der Waals surface area contributed by atoms with Crippen LogP contribution < -0.4 is 5.32 Å². The van der Waals surface area contributed by atoms with E-state index in [4.69, 9.17) is 0 Å². The highest BCUT2D eigenvalue weighted by Crippen LogP contribution is 2.40. The molecule has 1 N–H and O–H groups in total. The number of benzene rings is 1. The van der Waals surface area contributed by atoms with Crippen molar-refractivity contribution in [1.82, 2.24) is 20.2 Å². The molecule has 0 spiro atoms. The zero-order chi connectivity index (χ0) is 13.8. The Kier molecular flexibility index (Phi) is 3.67. The molecule has 1 aromatic carbocycles. The number of aromatic nitrogens is 4. The largest absolute Gasteiger partial charge is 0.352 e. The van der Waals surface area contributed by atoms with Crippen molar-refractivity contribution in [2.24, 2.45) is 5.41 Å². The van der Waals surface area contributed by atoms with Gasteiger partial charge in [0.15, 0.2) is 0 Å². The maximum atomic E-state index is 4.11. The maximum Gasteiger partial charge on any atom is 0.247 e. The Morgan fingerprint density at radius 1 is 1.20 bits per heavy atom. The molecule has 5 nitrogen and oxygen atoms in total. The van der Waals surface area contributed by atoms with Crippen LogP contribution >= 0.6 is 0 Å². The Morgan fingerprint density at radius 3 is 2.65 bits per heavy atom. The van der Waals surface area contributed by atoms with Crippen molar-refractivity contribution < 1.29 is 0 Å². The average Bonchev–Trinajstić information content (AvgIpc) is 3.16. The number of rotatable bonds is 5. The topological polar surface area (TPSA) is 55.6 Å². The fourth-order valence-corrected chi connectivity index (χ4v) is 3.09. The van der Waals surface area contributed by atoms with Crippen molar-refractivity contribution in [3.63, 3.8) is 0 Å². The predicted octanol–water partition coefficient (Wildman–Crippen LogP) is 3.04. The Morgan fingerprint density at radius 2 is 1.95 bits per heavy atom. The normalized spacial score (nSPS) is 17.2. The molecule has 0 amide bonds. The molecule has 3 rings (SSSR count). The molecule has 5 heteroatoms. The van der Waals surface area contributed by atoms with Crippen molar-refractivity contribution in [3.8, 4) is 5.69 Å². The molecule has 1 saturated carbocycles. The number of anilines is 1. The van der Waals surface area contributed by atoms with E-state index in [0.29, 0.717) is 5.41 Å². The first-order valence-corrected chi connectivity index (χ1v) is 7.41. The van der Waals surface area contributed by atoms with E-state index in [1.54, 1.807) is 4.68 Å². The summed E-state index contributed by atoms with van der Waals surface area (Å²) in [5, 5.41) is 15.4. The van der Waals surface area contributed by atoms with Crippen molar-refractivity contribution in [2.45, 2.75) is 39.0 Å². The number of hydrogen-bond donors (Lipinski definition) is 1. The van der Waals surface area contributed by atoms with Gasteiger partial charge in [-0.1, -0.05) is 43.1 Å².